The van der Waals surface area contributed by atoms with E-state index in [4.69, 9.17) is 0 Å². The van der Waals surface area contributed by atoms with Crippen LogP contribution >= 0.6 is 23.5 Å². The van der Waals surface area contributed by atoms with Crippen LogP contribution in [-0.4, -0.2) is 24.6 Å². The van der Waals surface area contributed by atoms with E-state index in [1.165, 1.54) is 84.7 Å². The molecule has 0 bridgehead atoms. The minimum atomic E-state index is -0.209. The molecule has 0 aliphatic rings. The molecular formula is C50H55NS2. The summed E-state index contributed by atoms with van der Waals surface area (Å²) < 4.78 is -0.419. The summed E-state index contributed by atoms with van der Waals surface area (Å²) in [4.78, 5) is 0. The lowest BCUT2D eigenvalue weighted by Gasteiger charge is -2.35. The first-order chi connectivity index (χ1) is 26.3. The van der Waals surface area contributed by atoms with Gasteiger partial charge in [0.15, 0.2) is 0 Å². The van der Waals surface area contributed by atoms with Gasteiger partial charge in [-0.2, -0.15) is 0 Å². The Morgan fingerprint density at radius 1 is 0.283 bits per heavy atom. The summed E-state index contributed by atoms with van der Waals surface area (Å²) in [5, 5.41) is 3.73. The first-order valence-corrected chi connectivity index (χ1v) is 21.6. The molecule has 6 aromatic rings. The molecule has 0 aliphatic heterocycles. The van der Waals surface area contributed by atoms with Crippen molar-refractivity contribution in [2.24, 2.45) is 0 Å². The molecule has 0 aromatic heterocycles. The molecule has 0 amide bonds. The van der Waals surface area contributed by atoms with Crippen LogP contribution in [0.4, 0.5) is 0 Å². The standard InChI is InChI=1S/C50H55NS2/c1(3-25-41-52-49(43-27-11-5-12-28-43,44-29-13-6-14-30-44)45-31-15-7-16-32-45)23-39-51-40-24-2-4-26-42-53-50(46-33-17-8-18-34-46,47-35-19-9-20-36-47)48-37-21-10-22-38-48/h5-22,27-38,51H,1-4,23-26,39-42H2. The highest BCUT2D eigenvalue weighted by atomic mass is 32.2. The Kier molecular flexibility index (Phi) is 15.3. The van der Waals surface area contributed by atoms with Crippen molar-refractivity contribution in [2.75, 3.05) is 24.6 Å². The van der Waals surface area contributed by atoms with E-state index < -0.39 is 0 Å². The predicted molar refractivity (Wildman–Crippen MR) is 233 cm³/mol. The van der Waals surface area contributed by atoms with E-state index in [0.717, 1.165) is 24.6 Å². The van der Waals surface area contributed by atoms with Crippen LogP contribution in [0.5, 0.6) is 0 Å². The molecule has 0 spiro atoms. The van der Waals surface area contributed by atoms with Crippen molar-refractivity contribution in [1.29, 1.82) is 0 Å². The molecule has 6 aromatic carbocycles. The van der Waals surface area contributed by atoms with E-state index in [0.29, 0.717) is 0 Å². The molecule has 0 aliphatic carbocycles. The molecule has 0 saturated heterocycles. The van der Waals surface area contributed by atoms with E-state index in [1.807, 2.05) is 0 Å². The van der Waals surface area contributed by atoms with Crippen molar-refractivity contribution in [3.63, 3.8) is 0 Å². The number of unbranched alkanes of at least 4 members (excludes halogenated alkanes) is 6. The number of nitrogens with one attached hydrogen (secondary N) is 1. The van der Waals surface area contributed by atoms with Gasteiger partial charge < -0.3 is 5.32 Å². The molecule has 1 nitrogen and oxygen atoms in total. The summed E-state index contributed by atoms with van der Waals surface area (Å²) in [7, 11) is 0. The summed E-state index contributed by atoms with van der Waals surface area (Å²) in [6.07, 6.45) is 10.1. The van der Waals surface area contributed by atoms with Crippen molar-refractivity contribution in [2.45, 2.75) is 60.9 Å². The van der Waals surface area contributed by atoms with Crippen molar-refractivity contribution < 1.29 is 0 Å². The Hall–Kier alpha value is -4.02. The van der Waals surface area contributed by atoms with Gasteiger partial charge in [-0.3, -0.25) is 0 Å². The molecule has 3 heteroatoms. The smallest absolute Gasteiger partial charge is 0.0906 e. The lowest BCUT2D eigenvalue weighted by atomic mass is 9.84. The molecule has 6 rings (SSSR count). The van der Waals surface area contributed by atoms with Gasteiger partial charge in [0, 0.05) is 0 Å². The lowest BCUT2D eigenvalue weighted by Crippen LogP contribution is -2.26. The highest BCUT2D eigenvalue weighted by Crippen LogP contribution is 2.50. The zero-order chi connectivity index (χ0) is 36.3. The third kappa shape index (κ3) is 10.1. The Bertz CT molecular complexity index is 1500. The quantitative estimate of drug-likeness (QED) is 0.0551. The monoisotopic (exact) mass is 733 g/mol. The van der Waals surface area contributed by atoms with Gasteiger partial charge in [0.2, 0.25) is 0 Å². The lowest BCUT2D eigenvalue weighted by molar-refractivity contribution is 0.565. The number of thioether (sulfide) groups is 2. The summed E-state index contributed by atoms with van der Waals surface area (Å²) >= 11 is 4.18. The summed E-state index contributed by atoms with van der Waals surface area (Å²) in [5.74, 6) is 2.27. The fraction of sp³-hybridized carbons (Fsp3) is 0.280. The molecule has 53 heavy (non-hydrogen) atoms. The molecule has 0 fully saturated rings. The molecule has 0 atom stereocenters. The topological polar surface area (TPSA) is 12.0 Å². The SMILES string of the molecule is c1ccc(C(SCCCCCCNCCCCCCSC(c2ccccc2)(c2ccccc2)c2ccccc2)(c2ccccc2)c2ccccc2)cc1. The van der Waals surface area contributed by atoms with Crippen LogP contribution in [0.3, 0.4) is 0 Å². The van der Waals surface area contributed by atoms with E-state index in [2.05, 4.69) is 211 Å². The number of hydrogen-bond donors (Lipinski definition) is 1. The van der Waals surface area contributed by atoms with Gasteiger partial charge in [-0.25, -0.2) is 0 Å². The van der Waals surface area contributed by atoms with Crippen LogP contribution in [0.15, 0.2) is 182 Å². The second kappa shape index (κ2) is 21.0. The highest BCUT2D eigenvalue weighted by Gasteiger charge is 2.37. The number of hydrogen-bond acceptors (Lipinski definition) is 3. The van der Waals surface area contributed by atoms with Crippen molar-refractivity contribution in [3.05, 3.63) is 215 Å². The molecular weight excluding hydrogens is 679 g/mol. The molecule has 1 N–H and O–H groups in total. The average molecular weight is 734 g/mol. The van der Waals surface area contributed by atoms with Gasteiger partial charge in [-0.05, 0) is 83.7 Å². The normalized spacial score (nSPS) is 11.8. The molecule has 0 heterocycles. The summed E-state index contributed by atoms with van der Waals surface area (Å²) in [6, 6.07) is 66.5. The molecule has 272 valence electrons. The molecule has 0 unspecified atom stereocenters. The maximum Gasteiger partial charge on any atom is 0.0906 e. The van der Waals surface area contributed by atoms with Crippen molar-refractivity contribution in [1.82, 2.24) is 5.32 Å². The van der Waals surface area contributed by atoms with Crippen molar-refractivity contribution in [3.8, 4) is 0 Å². The van der Waals surface area contributed by atoms with E-state index in [-0.39, 0.29) is 9.49 Å². The largest absolute Gasteiger partial charge is 0.317 e. The third-order valence-electron chi connectivity index (χ3n) is 10.2. The third-order valence-corrected chi connectivity index (χ3v) is 13.5. The fourth-order valence-corrected chi connectivity index (χ4v) is 10.6. The van der Waals surface area contributed by atoms with E-state index in [1.54, 1.807) is 0 Å². The fourth-order valence-electron chi connectivity index (χ4n) is 7.52. The molecule has 0 saturated carbocycles. The molecule has 0 radical (unpaired) electrons. The Labute approximate surface area is 328 Å². The minimum Gasteiger partial charge on any atom is -0.317 e. The van der Waals surface area contributed by atoms with Crippen LogP contribution in [0.25, 0.3) is 0 Å². The van der Waals surface area contributed by atoms with Gasteiger partial charge in [0.05, 0.1) is 9.49 Å². The average Bonchev–Trinajstić information content (AvgIpc) is 3.24. The zero-order valence-electron chi connectivity index (χ0n) is 31.1. The predicted octanol–water partition coefficient (Wildman–Crippen LogP) is 13.1. The van der Waals surface area contributed by atoms with Gasteiger partial charge in [-0.15, -0.1) is 23.5 Å². The second-order valence-corrected chi connectivity index (χ2v) is 16.5. The maximum atomic E-state index is 3.73. The second-order valence-electron chi connectivity index (χ2n) is 13.8. The van der Waals surface area contributed by atoms with Gasteiger partial charge in [0.25, 0.3) is 0 Å². The first kappa shape index (κ1) is 38.7. The summed E-state index contributed by atoms with van der Waals surface area (Å²) in [6.45, 7) is 2.25. The van der Waals surface area contributed by atoms with Crippen LogP contribution in [0, 0.1) is 0 Å². The van der Waals surface area contributed by atoms with E-state index >= 15 is 0 Å². The highest BCUT2D eigenvalue weighted by molar-refractivity contribution is 8.00. The zero-order valence-corrected chi connectivity index (χ0v) is 32.8. The van der Waals surface area contributed by atoms with Crippen molar-refractivity contribution >= 4 is 23.5 Å². The van der Waals surface area contributed by atoms with Crippen LogP contribution in [0.2, 0.25) is 0 Å². The van der Waals surface area contributed by atoms with Crippen LogP contribution < -0.4 is 5.32 Å². The first-order valence-electron chi connectivity index (χ1n) is 19.7. The van der Waals surface area contributed by atoms with Gasteiger partial charge in [-0.1, -0.05) is 208 Å². The van der Waals surface area contributed by atoms with Gasteiger partial charge in [0.1, 0.15) is 0 Å². The Morgan fingerprint density at radius 3 is 0.755 bits per heavy atom. The maximum absolute atomic E-state index is 3.73. The number of benzene rings is 6. The number of rotatable bonds is 22. The minimum absolute atomic E-state index is 0.209. The van der Waals surface area contributed by atoms with Crippen LogP contribution in [-0.2, 0) is 9.49 Å². The summed E-state index contributed by atoms with van der Waals surface area (Å²) in [5.41, 5.74) is 8.11. The Morgan fingerprint density at radius 2 is 0.509 bits per heavy atom. The van der Waals surface area contributed by atoms with Crippen LogP contribution in [0.1, 0.15) is 84.7 Å². The van der Waals surface area contributed by atoms with E-state index in [9.17, 15) is 0 Å². The van der Waals surface area contributed by atoms with Gasteiger partial charge >= 0.3 is 0 Å². The Balaban J connectivity index is 0.901.